The van der Waals surface area contributed by atoms with E-state index in [9.17, 15) is 4.39 Å². The molecule has 1 saturated heterocycles. The van der Waals surface area contributed by atoms with Gasteiger partial charge in [-0.25, -0.2) is 4.39 Å². The van der Waals surface area contributed by atoms with Gasteiger partial charge in [0.25, 0.3) is 0 Å². The van der Waals surface area contributed by atoms with Gasteiger partial charge < -0.3 is 10.1 Å². The van der Waals surface area contributed by atoms with Crippen molar-refractivity contribution < 1.29 is 9.13 Å². The molecule has 1 N–H and O–H groups in total. The quantitative estimate of drug-likeness (QED) is 0.877. The van der Waals surface area contributed by atoms with E-state index in [0.29, 0.717) is 12.0 Å². The summed E-state index contributed by atoms with van der Waals surface area (Å²) in [6.45, 7) is 4.06. The Bertz CT molecular complexity index is 455. The average molecular weight is 291 g/mol. The Balaban J connectivity index is 1.76. The summed E-state index contributed by atoms with van der Waals surface area (Å²) >= 11 is 0. The Kier molecular flexibility index (Phi) is 4.60. The van der Waals surface area contributed by atoms with Gasteiger partial charge in [0.1, 0.15) is 5.82 Å². The lowest BCUT2D eigenvalue weighted by Gasteiger charge is -2.49. The summed E-state index contributed by atoms with van der Waals surface area (Å²) in [6, 6.07) is 7.35. The zero-order valence-electron chi connectivity index (χ0n) is 12.9. The zero-order valence-corrected chi connectivity index (χ0v) is 12.9. The second-order valence-corrected chi connectivity index (χ2v) is 6.62. The number of benzene rings is 1. The summed E-state index contributed by atoms with van der Waals surface area (Å²) in [7, 11) is 0. The highest BCUT2D eigenvalue weighted by Crippen LogP contribution is 2.47. The van der Waals surface area contributed by atoms with Crippen molar-refractivity contribution in [1.82, 2.24) is 5.32 Å². The summed E-state index contributed by atoms with van der Waals surface area (Å²) in [5.41, 5.74) is 1.38. The summed E-state index contributed by atoms with van der Waals surface area (Å²) in [4.78, 5) is 0. The summed E-state index contributed by atoms with van der Waals surface area (Å²) < 4.78 is 19.2. The number of hydrogen-bond donors (Lipinski definition) is 1. The number of nitrogens with one attached hydrogen (secondary N) is 1. The fourth-order valence-corrected chi connectivity index (χ4v) is 3.80. The lowest BCUT2D eigenvalue weighted by molar-refractivity contribution is -0.147. The topological polar surface area (TPSA) is 21.3 Å². The molecule has 1 aliphatic heterocycles. The van der Waals surface area contributed by atoms with Crippen LogP contribution < -0.4 is 5.32 Å². The molecule has 21 heavy (non-hydrogen) atoms. The molecule has 2 atom stereocenters. The maximum atomic E-state index is 13.2. The smallest absolute Gasteiger partial charge is 0.123 e. The second kappa shape index (κ2) is 6.45. The Morgan fingerprint density at radius 3 is 2.71 bits per heavy atom. The molecule has 1 spiro atoms. The van der Waals surface area contributed by atoms with Crippen molar-refractivity contribution in [2.75, 3.05) is 13.2 Å². The molecule has 3 heteroatoms. The Hall–Kier alpha value is -0.930. The molecule has 116 valence electrons. The molecule has 2 fully saturated rings. The van der Waals surface area contributed by atoms with Gasteiger partial charge in [-0.2, -0.15) is 0 Å². The van der Waals surface area contributed by atoms with Crippen molar-refractivity contribution in [3.8, 4) is 0 Å². The summed E-state index contributed by atoms with van der Waals surface area (Å²) in [5, 5.41) is 3.68. The Morgan fingerprint density at radius 2 is 2.10 bits per heavy atom. The molecule has 1 aromatic rings. The van der Waals surface area contributed by atoms with Gasteiger partial charge in [0.15, 0.2) is 0 Å². The first-order valence-electron chi connectivity index (χ1n) is 8.35. The molecule has 1 saturated carbocycles. The molecule has 2 nitrogen and oxygen atoms in total. The van der Waals surface area contributed by atoms with Crippen LogP contribution in [0.1, 0.15) is 57.1 Å². The van der Waals surface area contributed by atoms with Gasteiger partial charge in [0.2, 0.25) is 0 Å². The molecule has 0 aromatic heterocycles. The number of halogens is 1. The van der Waals surface area contributed by atoms with E-state index in [-0.39, 0.29) is 11.4 Å². The molecule has 0 amide bonds. The van der Waals surface area contributed by atoms with Crippen LogP contribution in [0.15, 0.2) is 24.3 Å². The molecule has 2 unspecified atom stereocenters. The third-order valence-corrected chi connectivity index (χ3v) is 5.11. The van der Waals surface area contributed by atoms with E-state index < -0.39 is 0 Å². The van der Waals surface area contributed by atoms with E-state index in [4.69, 9.17) is 4.74 Å². The van der Waals surface area contributed by atoms with Crippen LogP contribution >= 0.6 is 0 Å². The van der Waals surface area contributed by atoms with E-state index in [2.05, 4.69) is 12.2 Å². The molecule has 0 bridgehead atoms. The van der Waals surface area contributed by atoms with Crippen molar-refractivity contribution >= 4 is 0 Å². The molecule has 0 radical (unpaired) electrons. The number of ether oxygens (including phenoxy) is 1. The van der Waals surface area contributed by atoms with E-state index in [1.807, 2.05) is 12.1 Å². The minimum Gasteiger partial charge on any atom is -0.375 e. The first kappa shape index (κ1) is 15.0. The van der Waals surface area contributed by atoms with Crippen LogP contribution in [-0.4, -0.2) is 18.8 Å². The molecule has 3 rings (SSSR count). The maximum Gasteiger partial charge on any atom is 0.123 e. The third-order valence-electron chi connectivity index (χ3n) is 5.11. The van der Waals surface area contributed by atoms with Gasteiger partial charge in [-0.1, -0.05) is 19.1 Å². The predicted octanol–water partition coefficient (Wildman–Crippen LogP) is 4.22. The zero-order chi connectivity index (χ0) is 14.7. The van der Waals surface area contributed by atoms with E-state index in [1.54, 1.807) is 12.1 Å². The van der Waals surface area contributed by atoms with Crippen LogP contribution in [0.5, 0.6) is 0 Å². The van der Waals surface area contributed by atoms with Crippen LogP contribution in [-0.2, 0) is 4.74 Å². The number of hydrogen-bond acceptors (Lipinski definition) is 2. The minimum atomic E-state index is -0.157. The van der Waals surface area contributed by atoms with Crippen LogP contribution in [0, 0.1) is 11.7 Å². The van der Waals surface area contributed by atoms with E-state index in [0.717, 1.165) is 32.4 Å². The van der Waals surface area contributed by atoms with Crippen molar-refractivity contribution in [3.63, 3.8) is 0 Å². The largest absolute Gasteiger partial charge is 0.375 e. The van der Waals surface area contributed by atoms with Crippen molar-refractivity contribution in [2.45, 2.75) is 57.1 Å². The summed E-state index contributed by atoms with van der Waals surface area (Å²) in [5.74, 6) is 0.437. The van der Waals surface area contributed by atoms with Crippen LogP contribution in [0.25, 0.3) is 0 Å². The highest BCUT2D eigenvalue weighted by molar-refractivity contribution is 5.21. The lowest BCUT2D eigenvalue weighted by Crippen LogP contribution is -2.48. The average Bonchev–Trinajstić information content (AvgIpc) is 2.48. The molecule has 2 aliphatic rings. The van der Waals surface area contributed by atoms with Gasteiger partial charge >= 0.3 is 0 Å². The fourth-order valence-electron chi connectivity index (χ4n) is 3.80. The number of rotatable bonds is 5. The predicted molar refractivity (Wildman–Crippen MR) is 82.7 cm³/mol. The van der Waals surface area contributed by atoms with Gasteiger partial charge in [0.05, 0.1) is 5.60 Å². The summed E-state index contributed by atoms with van der Waals surface area (Å²) in [6.07, 6.45) is 7.09. The lowest BCUT2D eigenvalue weighted by atomic mass is 9.69. The maximum absolute atomic E-state index is 13.2. The third kappa shape index (κ3) is 3.29. The first-order chi connectivity index (χ1) is 10.2. The molecule has 1 heterocycles. The van der Waals surface area contributed by atoms with Crippen molar-refractivity contribution in [3.05, 3.63) is 35.6 Å². The first-order valence-corrected chi connectivity index (χ1v) is 8.35. The molecule has 1 aromatic carbocycles. The normalized spacial score (nSPS) is 25.5. The van der Waals surface area contributed by atoms with Crippen LogP contribution in [0.2, 0.25) is 0 Å². The van der Waals surface area contributed by atoms with Gasteiger partial charge in [-0.3, -0.25) is 0 Å². The van der Waals surface area contributed by atoms with Crippen LogP contribution in [0.3, 0.4) is 0 Å². The Morgan fingerprint density at radius 1 is 1.33 bits per heavy atom. The Labute approximate surface area is 127 Å². The van der Waals surface area contributed by atoms with Gasteiger partial charge in [-0.15, -0.1) is 0 Å². The van der Waals surface area contributed by atoms with Gasteiger partial charge in [-0.05, 0) is 68.7 Å². The van der Waals surface area contributed by atoms with Crippen molar-refractivity contribution in [2.24, 2.45) is 5.92 Å². The molecule has 1 aliphatic carbocycles. The standard InChI is InChI=1S/C18H26FNO/c1-2-11-20-17(14-4-6-16(19)7-5-14)15-8-12-21-18(13-15)9-3-10-18/h4-7,15,17,20H,2-3,8-13H2,1H3. The fraction of sp³-hybridized carbons (Fsp3) is 0.667. The van der Waals surface area contributed by atoms with E-state index >= 15 is 0 Å². The van der Waals surface area contributed by atoms with E-state index in [1.165, 1.54) is 24.8 Å². The molecular weight excluding hydrogens is 265 g/mol. The highest BCUT2D eigenvalue weighted by atomic mass is 19.1. The monoisotopic (exact) mass is 291 g/mol. The van der Waals surface area contributed by atoms with Crippen LogP contribution in [0.4, 0.5) is 4.39 Å². The van der Waals surface area contributed by atoms with Crippen molar-refractivity contribution in [1.29, 1.82) is 0 Å². The highest BCUT2D eigenvalue weighted by Gasteiger charge is 2.44. The second-order valence-electron chi connectivity index (χ2n) is 6.62. The SMILES string of the molecule is CCCNC(c1ccc(F)cc1)C1CCOC2(CCC2)C1. The molecular formula is C18H26FNO. The minimum absolute atomic E-state index is 0.157. The van der Waals surface area contributed by atoms with Gasteiger partial charge in [0, 0.05) is 12.6 Å².